The Kier molecular flexibility index (Phi) is 3.14. The summed E-state index contributed by atoms with van der Waals surface area (Å²) in [5.41, 5.74) is 7.79. The number of nitrogens with zero attached hydrogens (tertiary/aromatic N) is 2. The van der Waals surface area contributed by atoms with Crippen LogP contribution in [0.15, 0.2) is 24.4 Å². The van der Waals surface area contributed by atoms with Crippen LogP contribution in [-0.2, 0) is 0 Å². The molecule has 0 bridgehead atoms. The van der Waals surface area contributed by atoms with E-state index < -0.39 is 0 Å². The number of nitrogens with two attached hydrogens (primary N) is 1. The Morgan fingerprint density at radius 1 is 1.43 bits per heavy atom. The second-order valence-electron chi connectivity index (χ2n) is 3.24. The van der Waals surface area contributed by atoms with Crippen LogP contribution in [0, 0.1) is 11.3 Å². The molecule has 1 rings (SSSR count). The predicted molar refractivity (Wildman–Crippen MR) is 58.3 cm³/mol. The van der Waals surface area contributed by atoms with Gasteiger partial charge in [0.2, 0.25) is 0 Å². The van der Waals surface area contributed by atoms with Gasteiger partial charge in [-0.15, -0.1) is 0 Å². The maximum Gasteiger partial charge on any atom is 0.0997 e. The van der Waals surface area contributed by atoms with E-state index in [-0.39, 0.29) is 0 Å². The molecule has 14 heavy (non-hydrogen) atoms. The van der Waals surface area contributed by atoms with E-state index in [9.17, 15) is 0 Å². The summed E-state index contributed by atoms with van der Waals surface area (Å²) in [6.45, 7) is 0. The summed E-state index contributed by atoms with van der Waals surface area (Å²) in [5.74, 6) is 0. The van der Waals surface area contributed by atoms with Crippen molar-refractivity contribution in [2.75, 3.05) is 19.8 Å². The minimum absolute atomic E-state index is 0.636. The van der Waals surface area contributed by atoms with Gasteiger partial charge in [0, 0.05) is 19.8 Å². The Balaban J connectivity index is 3.06. The summed E-state index contributed by atoms with van der Waals surface area (Å²) in [4.78, 5) is 1.91. The fourth-order valence-electron chi connectivity index (χ4n) is 1.05. The van der Waals surface area contributed by atoms with Crippen LogP contribution in [0.4, 0.5) is 5.69 Å². The van der Waals surface area contributed by atoms with Crippen molar-refractivity contribution in [1.29, 1.82) is 5.26 Å². The minimum Gasteiger partial charge on any atom is -0.399 e. The van der Waals surface area contributed by atoms with Crippen LogP contribution in [0.2, 0.25) is 0 Å². The molecule has 3 nitrogen and oxygen atoms in total. The zero-order valence-electron chi connectivity index (χ0n) is 8.36. The van der Waals surface area contributed by atoms with E-state index >= 15 is 0 Å². The van der Waals surface area contributed by atoms with E-state index in [4.69, 9.17) is 11.0 Å². The van der Waals surface area contributed by atoms with Crippen LogP contribution in [0.3, 0.4) is 0 Å². The van der Waals surface area contributed by atoms with Gasteiger partial charge in [-0.1, -0.05) is 0 Å². The van der Waals surface area contributed by atoms with E-state index in [1.807, 2.05) is 31.3 Å². The van der Waals surface area contributed by atoms with E-state index in [1.165, 1.54) is 0 Å². The third-order valence-corrected chi connectivity index (χ3v) is 1.75. The molecule has 1 aromatic rings. The molecule has 0 heterocycles. The number of hydrogen-bond donors (Lipinski definition) is 1. The lowest BCUT2D eigenvalue weighted by molar-refractivity contribution is 0.567. The van der Waals surface area contributed by atoms with Gasteiger partial charge >= 0.3 is 0 Å². The molecule has 0 atom stereocenters. The van der Waals surface area contributed by atoms with Crippen molar-refractivity contribution in [3.8, 4) is 6.07 Å². The molecule has 0 saturated heterocycles. The van der Waals surface area contributed by atoms with Crippen LogP contribution in [0.1, 0.15) is 11.1 Å². The first kappa shape index (κ1) is 10.1. The first-order chi connectivity index (χ1) is 6.63. The first-order valence-electron chi connectivity index (χ1n) is 4.27. The zero-order valence-corrected chi connectivity index (χ0v) is 8.36. The Morgan fingerprint density at radius 2 is 2.14 bits per heavy atom. The van der Waals surface area contributed by atoms with Gasteiger partial charge < -0.3 is 10.6 Å². The average Bonchev–Trinajstić information content (AvgIpc) is 2.15. The third-order valence-electron chi connectivity index (χ3n) is 1.75. The Morgan fingerprint density at radius 3 is 2.71 bits per heavy atom. The number of anilines is 1. The molecule has 3 heteroatoms. The number of benzene rings is 1. The van der Waals surface area contributed by atoms with E-state index in [0.29, 0.717) is 11.3 Å². The first-order valence-corrected chi connectivity index (χ1v) is 4.27. The van der Waals surface area contributed by atoms with Gasteiger partial charge in [0.05, 0.1) is 11.6 Å². The SMILES string of the molecule is CN(C)/C=C/c1cc(N)ccc1C#N. The van der Waals surface area contributed by atoms with Gasteiger partial charge in [-0.3, -0.25) is 0 Å². The number of nitrogen functional groups attached to an aromatic ring is 1. The van der Waals surface area contributed by atoms with Crippen LogP contribution in [0.25, 0.3) is 6.08 Å². The van der Waals surface area contributed by atoms with Gasteiger partial charge in [-0.25, -0.2) is 0 Å². The second kappa shape index (κ2) is 4.33. The Labute approximate surface area is 84.1 Å². The summed E-state index contributed by atoms with van der Waals surface area (Å²) in [5, 5.41) is 8.84. The highest BCUT2D eigenvalue weighted by atomic mass is 15.0. The standard InChI is InChI=1S/C11H13N3/c1-14(2)6-5-9-7-11(13)4-3-10(9)8-12/h3-7H,13H2,1-2H3/b6-5+. The van der Waals surface area contributed by atoms with Crippen molar-refractivity contribution in [2.45, 2.75) is 0 Å². The quantitative estimate of drug-likeness (QED) is 0.716. The normalized spacial score (nSPS) is 10.1. The smallest absolute Gasteiger partial charge is 0.0997 e. The Hall–Kier alpha value is -1.95. The molecular formula is C11H13N3. The van der Waals surface area contributed by atoms with Gasteiger partial charge in [-0.05, 0) is 36.0 Å². The lowest BCUT2D eigenvalue weighted by atomic mass is 10.1. The van der Waals surface area contributed by atoms with E-state index in [2.05, 4.69) is 6.07 Å². The third kappa shape index (κ3) is 2.53. The lowest BCUT2D eigenvalue weighted by Crippen LogP contribution is -2.00. The average molecular weight is 187 g/mol. The molecule has 2 N–H and O–H groups in total. The molecule has 0 aliphatic carbocycles. The summed E-state index contributed by atoms with van der Waals surface area (Å²) >= 11 is 0. The Bertz CT molecular complexity index is 386. The highest BCUT2D eigenvalue weighted by Crippen LogP contribution is 2.14. The minimum atomic E-state index is 0.636. The highest BCUT2D eigenvalue weighted by Gasteiger charge is 1.98. The molecule has 0 radical (unpaired) electrons. The fraction of sp³-hybridized carbons (Fsp3) is 0.182. The molecule has 1 aromatic carbocycles. The summed E-state index contributed by atoms with van der Waals surface area (Å²) in [6, 6.07) is 7.37. The van der Waals surface area contributed by atoms with Crippen molar-refractivity contribution in [1.82, 2.24) is 4.90 Å². The molecule has 0 aliphatic heterocycles. The van der Waals surface area contributed by atoms with Crippen molar-refractivity contribution < 1.29 is 0 Å². The number of rotatable bonds is 2. The maximum atomic E-state index is 8.84. The summed E-state index contributed by atoms with van der Waals surface area (Å²) in [6.07, 6.45) is 3.75. The van der Waals surface area contributed by atoms with Crippen molar-refractivity contribution in [3.05, 3.63) is 35.5 Å². The van der Waals surface area contributed by atoms with Crippen LogP contribution < -0.4 is 5.73 Å². The summed E-state index contributed by atoms with van der Waals surface area (Å²) in [7, 11) is 3.85. The highest BCUT2D eigenvalue weighted by molar-refractivity contribution is 5.62. The molecule has 0 saturated carbocycles. The van der Waals surface area contributed by atoms with Crippen molar-refractivity contribution >= 4 is 11.8 Å². The van der Waals surface area contributed by atoms with Gasteiger partial charge in [-0.2, -0.15) is 5.26 Å². The van der Waals surface area contributed by atoms with E-state index in [1.54, 1.807) is 18.2 Å². The lowest BCUT2D eigenvalue weighted by Gasteiger charge is -2.04. The topological polar surface area (TPSA) is 53.0 Å². The predicted octanol–water partition coefficient (Wildman–Crippen LogP) is 1.67. The largest absolute Gasteiger partial charge is 0.399 e. The van der Waals surface area contributed by atoms with Gasteiger partial charge in [0.1, 0.15) is 0 Å². The van der Waals surface area contributed by atoms with Crippen molar-refractivity contribution in [3.63, 3.8) is 0 Å². The van der Waals surface area contributed by atoms with E-state index in [0.717, 1.165) is 5.56 Å². The van der Waals surface area contributed by atoms with Crippen molar-refractivity contribution in [2.24, 2.45) is 0 Å². The van der Waals surface area contributed by atoms with Crippen LogP contribution in [-0.4, -0.2) is 19.0 Å². The molecule has 0 amide bonds. The zero-order chi connectivity index (χ0) is 10.6. The molecule has 0 unspecified atom stereocenters. The maximum absolute atomic E-state index is 8.84. The molecule has 0 spiro atoms. The van der Waals surface area contributed by atoms with Gasteiger partial charge in [0.25, 0.3) is 0 Å². The molecule has 0 aliphatic rings. The van der Waals surface area contributed by atoms with Crippen LogP contribution in [0.5, 0.6) is 0 Å². The summed E-state index contributed by atoms with van der Waals surface area (Å²) < 4.78 is 0. The molecule has 0 aromatic heterocycles. The molecular weight excluding hydrogens is 174 g/mol. The molecule has 0 fully saturated rings. The van der Waals surface area contributed by atoms with Crippen LogP contribution >= 0.6 is 0 Å². The number of nitriles is 1. The molecule has 72 valence electrons. The number of hydrogen-bond acceptors (Lipinski definition) is 3. The second-order valence-corrected chi connectivity index (χ2v) is 3.24. The van der Waals surface area contributed by atoms with Gasteiger partial charge in [0.15, 0.2) is 0 Å². The monoisotopic (exact) mass is 187 g/mol. The fourth-order valence-corrected chi connectivity index (χ4v) is 1.05.